The van der Waals surface area contributed by atoms with E-state index in [4.69, 9.17) is 0 Å². The van der Waals surface area contributed by atoms with Gasteiger partial charge in [0.1, 0.15) is 0 Å². The van der Waals surface area contributed by atoms with Crippen LogP contribution in [0.5, 0.6) is 0 Å². The number of carbonyl (C=O) groups excluding carboxylic acids is 1. The maximum absolute atomic E-state index is 12.6. The van der Waals surface area contributed by atoms with Crippen molar-refractivity contribution >= 4 is 40.3 Å². The van der Waals surface area contributed by atoms with Crippen molar-refractivity contribution in [3.05, 3.63) is 66.5 Å². The Kier molecular flexibility index (Phi) is 5.67. The summed E-state index contributed by atoms with van der Waals surface area (Å²) in [4.78, 5) is 21.9. The molecule has 6 nitrogen and oxygen atoms in total. The maximum Gasteiger partial charge on any atom is 0.228 e. The number of carbonyl (C=O) groups is 1. The highest BCUT2D eigenvalue weighted by atomic mass is 32.2. The Bertz CT molecular complexity index is 1050. The van der Waals surface area contributed by atoms with Gasteiger partial charge in [-0.2, -0.15) is 0 Å². The first-order valence-electron chi connectivity index (χ1n) is 9.50. The third kappa shape index (κ3) is 4.51. The number of rotatable bonds is 5. The van der Waals surface area contributed by atoms with Crippen LogP contribution in [-0.4, -0.2) is 30.9 Å². The Balaban J connectivity index is 1.34. The molecule has 3 N–H and O–H groups in total. The maximum atomic E-state index is 12.6. The second-order valence-electron chi connectivity index (χ2n) is 6.97. The molecule has 1 saturated carbocycles. The Hall–Kier alpha value is -3.06. The van der Waals surface area contributed by atoms with Gasteiger partial charge in [-0.15, -0.1) is 0 Å². The topological polar surface area (TPSA) is 78.4 Å². The molecule has 2 aromatic carbocycles. The van der Waals surface area contributed by atoms with E-state index in [2.05, 4.69) is 49.6 Å². The monoisotopic (exact) mass is 405 g/mol. The average Bonchev–Trinajstić information content (AvgIpc) is 3.56. The van der Waals surface area contributed by atoms with Gasteiger partial charge in [-0.3, -0.25) is 19.5 Å². The van der Waals surface area contributed by atoms with Crippen LogP contribution >= 0.6 is 11.9 Å². The normalized spacial score (nSPS) is 18.3. The highest BCUT2D eigenvalue weighted by Gasteiger charge is 2.43. The molecule has 1 aliphatic rings. The van der Waals surface area contributed by atoms with Crippen molar-refractivity contribution in [2.75, 3.05) is 19.4 Å². The quantitative estimate of drug-likeness (QED) is 0.342. The lowest BCUT2D eigenvalue weighted by Gasteiger charge is -2.08. The summed E-state index contributed by atoms with van der Waals surface area (Å²) in [6.07, 6.45) is 4.47. The van der Waals surface area contributed by atoms with Crippen LogP contribution in [0, 0.1) is 5.92 Å². The summed E-state index contributed by atoms with van der Waals surface area (Å²) in [5, 5.41) is 8.17. The van der Waals surface area contributed by atoms with Crippen LogP contribution in [0.25, 0.3) is 10.8 Å². The van der Waals surface area contributed by atoms with E-state index in [-0.39, 0.29) is 17.7 Å². The van der Waals surface area contributed by atoms with Crippen molar-refractivity contribution in [2.45, 2.75) is 17.2 Å². The standard InChI is InChI=1S/C22H23N5OS/c1-23-22(24-2)27-29-18-7-4-14(5-8-18)19-12-20(19)21(28)26-17-6-3-16-13-25-10-9-15(16)11-17/h3-11,13,19-20H,12H2,1-2H3,(H,26,28)(H2,23,24,27). The fourth-order valence-electron chi connectivity index (χ4n) is 3.35. The van der Waals surface area contributed by atoms with Gasteiger partial charge in [0.05, 0.1) is 0 Å². The molecule has 2 unspecified atom stereocenters. The Morgan fingerprint density at radius 3 is 2.72 bits per heavy atom. The molecule has 0 spiro atoms. The number of amides is 1. The molecule has 7 heteroatoms. The molecule has 0 saturated heterocycles. The Labute approximate surface area is 174 Å². The smallest absolute Gasteiger partial charge is 0.228 e. The third-order valence-corrected chi connectivity index (χ3v) is 5.87. The van der Waals surface area contributed by atoms with Crippen molar-refractivity contribution in [3.8, 4) is 0 Å². The van der Waals surface area contributed by atoms with Crippen molar-refractivity contribution in [2.24, 2.45) is 10.9 Å². The fourth-order valence-corrected chi connectivity index (χ4v) is 4.03. The van der Waals surface area contributed by atoms with E-state index < -0.39 is 0 Å². The number of pyridine rings is 1. The van der Waals surface area contributed by atoms with Crippen LogP contribution < -0.4 is 15.4 Å². The first-order chi connectivity index (χ1) is 14.2. The SMILES string of the molecule is CN=C(NC)NSc1ccc(C2CC2C(=O)Nc2ccc3cnccc3c2)cc1. The van der Waals surface area contributed by atoms with Crippen molar-refractivity contribution in [1.82, 2.24) is 15.0 Å². The molecule has 148 valence electrons. The zero-order valence-corrected chi connectivity index (χ0v) is 17.2. The zero-order chi connectivity index (χ0) is 20.2. The van der Waals surface area contributed by atoms with E-state index in [1.54, 1.807) is 13.2 Å². The van der Waals surface area contributed by atoms with Gasteiger partial charge >= 0.3 is 0 Å². The van der Waals surface area contributed by atoms with Crippen molar-refractivity contribution < 1.29 is 4.79 Å². The largest absolute Gasteiger partial charge is 0.359 e. The number of benzene rings is 2. The number of anilines is 1. The van der Waals surface area contributed by atoms with Gasteiger partial charge in [-0.1, -0.05) is 18.2 Å². The molecular formula is C22H23N5OS. The van der Waals surface area contributed by atoms with Crippen LogP contribution in [0.3, 0.4) is 0 Å². The minimum absolute atomic E-state index is 0.0304. The van der Waals surface area contributed by atoms with Crippen LogP contribution in [0.2, 0.25) is 0 Å². The van der Waals surface area contributed by atoms with Crippen molar-refractivity contribution in [3.63, 3.8) is 0 Å². The number of hydrogen-bond acceptors (Lipinski definition) is 4. The van der Waals surface area contributed by atoms with E-state index in [0.29, 0.717) is 0 Å². The average molecular weight is 406 g/mol. The summed E-state index contributed by atoms with van der Waals surface area (Å²) in [6, 6.07) is 16.2. The third-order valence-electron chi connectivity index (χ3n) is 5.07. The lowest BCUT2D eigenvalue weighted by atomic mass is 10.1. The summed E-state index contributed by atoms with van der Waals surface area (Å²) < 4.78 is 3.15. The minimum Gasteiger partial charge on any atom is -0.359 e. The predicted octanol–water partition coefficient (Wildman–Crippen LogP) is 3.78. The van der Waals surface area contributed by atoms with Crippen LogP contribution in [-0.2, 0) is 4.79 Å². The Morgan fingerprint density at radius 1 is 1.14 bits per heavy atom. The number of aromatic nitrogens is 1. The molecule has 1 aromatic heterocycles. The number of nitrogens with zero attached hydrogens (tertiary/aromatic N) is 2. The van der Waals surface area contributed by atoms with E-state index >= 15 is 0 Å². The summed E-state index contributed by atoms with van der Waals surface area (Å²) in [5.74, 6) is 1.13. The first kappa shape index (κ1) is 19.3. The fraction of sp³-hybridized carbons (Fsp3) is 0.227. The summed E-state index contributed by atoms with van der Waals surface area (Å²) in [7, 11) is 3.56. The highest BCUT2D eigenvalue weighted by Crippen LogP contribution is 2.48. The summed E-state index contributed by atoms with van der Waals surface area (Å²) in [5.41, 5.74) is 2.03. The molecule has 0 aliphatic heterocycles. The van der Waals surface area contributed by atoms with Gasteiger partial charge in [-0.05, 0) is 65.6 Å². The molecule has 1 aliphatic carbocycles. The van der Waals surface area contributed by atoms with E-state index in [1.165, 1.54) is 17.5 Å². The van der Waals surface area contributed by atoms with Crippen LogP contribution in [0.15, 0.2) is 70.8 Å². The molecule has 4 rings (SSSR count). The van der Waals surface area contributed by atoms with E-state index in [1.807, 2.05) is 37.5 Å². The van der Waals surface area contributed by atoms with Crippen molar-refractivity contribution in [1.29, 1.82) is 0 Å². The van der Waals surface area contributed by atoms with Crippen LogP contribution in [0.4, 0.5) is 5.69 Å². The number of fused-ring (bicyclic) bond motifs is 1. The van der Waals surface area contributed by atoms with E-state index in [9.17, 15) is 4.79 Å². The number of hydrogen-bond donors (Lipinski definition) is 3. The van der Waals surface area contributed by atoms with Gasteiger partial charge in [-0.25, -0.2) is 0 Å². The molecule has 2 atom stereocenters. The lowest BCUT2D eigenvalue weighted by molar-refractivity contribution is -0.117. The molecule has 1 fully saturated rings. The van der Waals surface area contributed by atoms with E-state index in [0.717, 1.165) is 33.7 Å². The first-order valence-corrected chi connectivity index (χ1v) is 10.3. The Morgan fingerprint density at radius 2 is 1.97 bits per heavy atom. The molecule has 3 aromatic rings. The molecule has 1 heterocycles. The number of guanidine groups is 1. The molecule has 0 radical (unpaired) electrons. The molecule has 0 bridgehead atoms. The predicted molar refractivity (Wildman–Crippen MR) is 119 cm³/mol. The van der Waals surface area contributed by atoms with Gasteiger partial charge in [0.25, 0.3) is 0 Å². The second-order valence-corrected chi connectivity index (χ2v) is 7.85. The second kappa shape index (κ2) is 8.53. The zero-order valence-electron chi connectivity index (χ0n) is 16.3. The molecule has 1 amide bonds. The van der Waals surface area contributed by atoms with Gasteiger partial charge < -0.3 is 10.6 Å². The van der Waals surface area contributed by atoms with Crippen LogP contribution in [0.1, 0.15) is 17.9 Å². The molecular weight excluding hydrogens is 382 g/mol. The number of nitrogens with one attached hydrogen (secondary N) is 3. The number of aliphatic imine (C=N–C) groups is 1. The lowest BCUT2D eigenvalue weighted by Crippen LogP contribution is -2.29. The minimum atomic E-state index is 0.0304. The van der Waals surface area contributed by atoms with Gasteiger partial charge in [0.15, 0.2) is 0 Å². The molecule has 29 heavy (non-hydrogen) atoms. The summed E-state index contributed by atoms with van der Waals surface area (Å²) in [6.45, 7) is 0. The van der Waals surface area contributed by atoms with Gasteiger partial charge in [0.2, 0.25) is 11.9 Å². The van der Waals surface area contributed by atoms with Gasteiger partial charge in [0, 0.05) is 48.4 Å². The summed E-state index contributed by atoms with van der Waals surface area (Å²) >= 11 is 1.50. The highest BCUT2D eigenvalue weighted by molar-refractivity contribution is 7.98.